The SMILES string of the molecule is [C-]#[N+]c1ccc(-n2nccc2-c2c(C)n(-c3cccc(C(F)(F)F)c3)c(=O)n2C(=O)NC2CC(C[N+](C)(C)C)C2)cc1. The fourth-order valence-corrected chi connectivity index (χ4v) is 5.59. The van der Waals surface area contributed by atoms with Crippen molar-refractivity contribution in [3.63, 3.8) is 0 Å². The van der Waals surface area contributed by atoms with Crippen molar-refractivity contribution >= 4 is 11.7 Å². The average molecular weight is 579 g/mol. The lowest BCUT2D eigenvalue weighted by atomic mass is 9.79. The number of amides is 1. The second kappa shape index (κ2) is 10.6. The Balaban J connectivity index is 1.60. The van der Waals surface area contributed by atoms with Crippen LogP contribution in [0, 0.1) is 19.4 Å². The summed E-state index contributed by atoms with van der Waals surface area (Å²) in [5.74, 6) is 0.433. The van der Waals surface area contributed by atoms with Crippen molar-refractivity contribution in [2.45, 2.75) is 32.0 Å². The molecule has 0 unspecified atom stereocenters. The normalized spacial score (nSPS) is 17.0. The van der Waals surface area contributed by atoms with E-state index in [1.54, 1.807) is 37.3 Å². The molecule has 0 aliphatic heterocycles. The van der Waals surface area contributed by atoms with Crippen LogP contribution in [0.2, 0.25) is 0 Å². The molecule has 0 radical (unpaired) electrons. The largest absolute Gasteiger partial charge is 0.416 e. The van der Waals surface area contributed by atoms with Crippen LogP contribution in [0.3, 0.4) is 0 Å². The molecule has 0 spiro atoms. The Bertz CT molecular complexity index is 1730. The molecule has 2 heterocycles. The molecule has 9 nitrogen and oxygen atoms in total. The van der Waals surface area contributed by atoms with Crippen LogP contribution < -0.4 is 11.0 Å². The Morgan fingerprint density at radius 2 is 1.79 bits per heavy atom. The van der Waals surface area contributed by atoms with Crippen LogP contribution in [0.25, 0.3) is 27.6 Å². The number of aromatic nitrogens is 4. The summed E-state index contributed by atoms with van der Waals surface area (Å²) in [6.45, 7) is 9.75. The highest BCUT2D eigenvalue weighted by Gasteiger charge is 2.36. The third-order valence-electron chi connectivity index (χ3n) is 7.40. The van der Waals surface area contributed by atoms with Crippen molar-refractivity contribution < 1.29 is 22.4 Å². The number of carbonyl (C=O) groups excluding carboxylic acids is 1. The highest BCUT2D eigenvalue weighted by atomic mass is 19.4. The van der Waals surface area contributed by atoms with Crippen LogP contribution >= 0.6 is 0 Å². The first-order valence-electron chi connectivity index (χ1n) is 13.4. The van der Waals surface area contributed by atoms with Crippen LogP contribution in [0.15, 0.2) is 65.6 Å². The van der Waals surface area contributed by atoms with E-state index in [4.69, 9.17) is 6.57 Å². The number of benzene rings is 2. The van der Waals surface area contributed by atoms with Gasteiger partial charge in [-0.2, -0.15) is 18.3 Å². The Labute approximate surface area is 240 Å². The second-order valence-corrected chi connectivity index (χ2v) is 11.6. The van der Waals surface area contributed by atoms with Crippen molar-refractivity contribution in [2.24, 2.45) is 5.92 Å². The van der Waals surface area contributed by atoms with Gasteiger partial charge in [0.15, 0.2) is 5.69 Å². The molecule has 42 heavy (non-hydrogen) atoms. The van der Waals surface area contributed by atoms with E-state index < -0.39 is 23.5 Å². The molecule has 0 saturated heterocycles. The van der Waals surface area contributed by atoms with Gasteiger partial charge >= 0.3 is 17.9 Å². The average Bonchev–Trinajstić information content (AvgIpc) is 3.48. The van der Waals surface area contributed by atoms with E-state index in [-0.39, 0.29) is 23.1 Å². The van der Waals surface area contributed by atoms with Gasteiger partial charge in [-0.1, -0.05) is 18.2 Å². The topological polar surface area (TPSA) is 78.2 Å². The molecule has 0 atom stereocenters. The molecule has 0 bridgehead atoms. The zero-order valence-electron chi connectivity index (χ0n) is 23.7. The number of hydrogen-bond acceptors (Lipinski definition) is 3. The van der Waals surface area contributed by atoms with Crippen LogP contribution in [0.4, 0.5) is 23.7 Å². The van der Waals surface area contributed by atoms with Gasteiger partial charge < -0.3 is 9.80 Å². The van der Waals surface area contributed by atoms with Crippen LogP contribution in [0.1, 0.15) is 24.1 Å². The molecule has 1 fully saturated rings. The van der Waals surface area contributed by atoms with E-state index in [1.165, 1.54) is 23.0 Å². The first kappa shape index (κ1) is 28.9. The van der Waals surface area contributed by atoms with E-state index in [0.29, 0.717) is 23.0 Å². The molecule has 2 aromatic carbocycles. The lowest BCUT2D eigenvalue weighted by molar-refractivity contribution is -0.874. The summed E-state index contributed by atoms with van der Waals surface area (Å²) < 4.78 is 45.1. The number of rotatable bonds is 6. The molecule has 1 saturated carbocycles. The number of hydrogen-bond donors (Lipinski definition) is 1. The minimum absolute atomic E-state index is 0.0146. The lowest BCUT2D eigenvalue weighted by Crippen LogP contribution is -2.52. The monoisotopic (exact) mass is 578 g/mol. The summed E-state index contributed by atoms with van der Waals surface area (Å²) >= 11 is 0. The molecule has 1 aliphatic carbocycles. The quantitative estimate of drug-likeness (QED) is 0.246. The van der Waals surface area contributed by atoms with Gasteiger partial charge in [0.05, 0.1) is 68.8 Å². The number of nitrogens with one attached hydrogen (secondary N) is 1. The zero-order valence-corrected chi connectivity index (χ0v) is 23.7. The third-order valence-corrected chi connectivity index (χ3v) is 7.40. The highest BCUT2D eigenvalue weighted by molar-refractivity contribution is 5.83. The van der Waals surface area contributed by atoms with Crippen molar-refractivity contribution in [3.8, 4) is 22.8 Å². The van der Waals surface area contributed by atoms with Gasteiger partial charge in [-0.25, -0.2) is 23.7 Å². The number of nitrogens with zero attached hydrogens (tertiary/aromatic N) is 6. The highest BCUT2D eigenvalue weighted by Crippen LogP contribution is 2.33. The summed E-state index contributed by atoms with van der Waals surface area (Å²) in [5.41, 5.74) is 0.145. The minimum atomic E-state index is -4.61. The van der Waals surface area contributed by atoms with Crippen molar-refractivity contribution in [1.82, 2.24) is 24.2 Å². The van der Waals surface area contributed by atoms with Gasteiger partial charge in [0.2, 0.25) is 0 Å². The molecule has 2 aromatic heterocycles. The summed E-state index contributed by atoms with van der Waals surface area (Å²) in [4.78, 5) is 31.0. The van der Waals surface area contributed by atoms with Crippen LogP contribution in [-0.2, 0) is 6.18 Å². The molecular weight excluding hydrogens is 547 g/mol. The van der Waals surface area contributed by atoms with Crippen LogP contribution in [0.5, 0.6) is 0 Å². The zero-order chi connectivity index (χ0) is 30.4. The molecule has 218 valence electrons. The predicted molar refractivity (Wildman–Crippen MR) is 152 cm³/mol. The van der Waals surface area contributed by atoms with E-state index in [9.17, 15) is 22.8 Å². The van der Waals surface area contributed by atoms with E-state index in [0.717, 1.165) is 45.1 Å². The third kappa shape index (κ3) is 5.60. The molecule has 1 aliphatic rings. The standard InChI is InChI=1S/C30H30F3N7O2/c1-19-27(26-13-14-35-39(26)24-11-9-22(34-2)10-12-24)38(28(41)36-23-15-20(16-23)18-40(3,4)5)29(42)37(19)25-8-6-7-21(17-25)30(31,32)33/h6-14,17,20,23H,15-16,18H2,1,3-5H3/p+1. The minimum Gasteiger partial charge on any atom is -0.335 e. The van der Waals surface area contributed by atoms with Gasteiger partial charge in [-0.3, -0.25) is 4.57 Å². The number of quaternary nitrogens is 1. The maximum absolute atomic E-state index is 13.9. The fourth-order valence-electron chi connectivity index (χ4n) is 5.59. The van der Waals surface area contributed by atoms with Crippen molar-refractivity contribution in [1.29, 1.82) is 0 Å². The maximum atomic E-state index is 13.9. The van der Waals surface area contributed by atoms with Gasteiger partial charge in [0, 0.05) is 12.0 Å². The maximum Gasteiger partial charge on any atom is 0.416 e. The first-order valence-corrected chi connectivity index (χ1v) is 13.4. The summed E-state index contributed by atoms with van der Waals surface area (Å²) in [5, 5.41) is 7.34. The Morgan fingerprint density at radius 3 is 2.40 bits per heavy atom. The fraction of sp³-hybridized carbons (Fsp3) is 0.333. The molecule has 1 amide bonds. The second-order valence-electron chi connectivity index (χ2n) is 11.6. The Hall–Kier alpha value is -4.63. The summed E-state index contributed by atoms with van der Waals surface area (Å²) in [6, 6.07) is 11.9. The number of alkyl halides is 3. The Morgan fingerprint density at radius 1 is 1.10 bits per heavy atom. The van der Waals surface area contributed by atoms with E-state index in [1.807, 2.05) is 0 Å². The molecule has 5 rings (SSSR count). The van der Waals surface area contributed by atoms with E-state index in [2.05, 4.69) is 36.4 Å². The Kier molecular flexibility index (Phi) is 7.32. The number of imidazole rings is 1. The molecular formula is C30H31F3N7O2+. The molecule has 12 heteroatoms. The smallest absolute Gasteiger partial charge is 0.335 e. The summed E-state index contributed by atoms with van der Waals surface area (Å²) in [7, 11) is 6.32. The predicted octanol–water partition coefficient (Wildman–Crippen LogP) is 5.41. The van der Waals surface area contributed by atoms with Crippen LogP contribution in [-0.4, -0.2) is 63.2 Å². The van der Waals surface area contributed by atoms with E-state index >= 15 is 0 Å². The van der Waals surface area contributed by atoms with Crippen molar-refractivity contribution in [2.75, 3.05) is 27.7 Å². The van der Waals surface area contributed by atoms with Gasteiger partial charge in [-0.15, -0.1) is 0 Å². The van der Waals surface area contributed by atoms with Gasteiger partial charge in [0.1, 0.15) is 5.69 Å². The first-order chi connectivity index (χ1) is 19.8. The molecule has 4 aromatic rings. The molecule has 1 N–H and O–H groups in total. The number of carbonyl (C=O) groups is 1. The van der Waals surface area contributed by atoms with Gasteiger partial charge in [0.25, 0.3) is 0 Å². The van der Waals surface area contributed by atoms with Gasteiger partial charge in [-0.05, 0) is 56.2 Å². The summed E-state index contributed by atoms with van der Waals surface area (Å²) in [6.07, 6.45) is -1.57. The lowest BCUT2D eigenvalue weighted by Gasteiger charge is -2.39. The van der Waals surface area contributed by atoms with Crippen molar-refractivity contribution in [3.05, 3.63) is 94.0 Å². The number of halogens is 3.